The molecule has 0 aliphatic heterocycles. The predicted molar refractivity (Wildman–Crippen MR) is 132 cm³/mol. The highest BCUT2D eigenvalue weighted by Crippen LogP contribution is 2.30. The second kappa shape index (κ2) is 15.2. The Bertz CT molecular complexity index is 840. The maximum Gasteiger partial charge on any atom is 0.331 e. The lowest BCUT2D eigenvalue weighted by Crippen LogP contribution is -2.55. The van der Waals surface area contributed by atoms with Gasteiger partial charge in [-0.2, -0.15) is 0 Å². The lowest BCUT2D eigenvalue weighted by Gasteiger charge is -2.30. The zero-order valence-corrected chi connectivity index (χ0v) is 20.0. The van der Waals surface area contributed by atoms with Gasteiger partial charge in [0.1, 0.15) is 13.2 Å². The summed E-state index contributed by atoms with van der Waals surface area (Å²) in [5.74, 6) is -2.76. The molecule has 0 radical (unpaired) electrons. The van der Waals surface area contributed by atoms with Gasteiger partial charge in [-0.05, 0) is 43.5 Å². The fourth-order valence-electron chi connectivity index (χ4n) is 3.48. The Morgan fingerprint density at radius 1 is 0.765 bits per heavy atom. The molecule has 0 saturated carbocycles. The molecule has 2 aromatic carbocycles. The van der Waals surface area contributed by atoms with Crippen LogP contribution < -0.4 is 17.2 Å². The molecule has 6 N–H and O–H groups in total. The van der Waals surface area contributed by atoms with Crippen molar-refractivity contribution < 1.29 is 23.9 Å². The molecular formula is C25H34ClN3O5. The monoisotopic (exact) mass is 491 g/mol. The number of nitrogens with two attached hydrogens (primary N) is 3. The van der Waals surface area contributed by atoms with E-state index in [1.54, 1.807) is 48.5 Å². The summed E-state index contributed by atoms with van der Waals surface area (Å²) in [6.45, 7) is 0.135. The van der Waals surface area contributed by atoms with E-state index in [1.807, 2.05) is 12.1 Å². The third kappa shape index (κ3) is 7.92. The van der Waals surface area contributed by atoms with E-state index in [-0.39, 0.29) is 45.0 Å². The van der Waals surface area contributed by atoms with Gasteiger partial charge in [-0.3, -0.25) is 14.4 Å². The fraction of sp³-hybridized carbons (Fsp3) is 0.400. The van der Waals surface area contributed by atoms with Gasteiger partial charge in [0.05, 0.1) is 6.04 Å². The van der Waals surface area contributed by atoms with Crippen molar-refractivity contribution in [3.05, 3.63) is 71.8 Å². The first kappa shape index (κ1) is 29.3. The molecule has 0 fully saturated rings. The van der Waals surface area contributed by atoms with E-state index < -0.39 is 29.2 Å². The molecule has 186 valence electrons. The van der Waals surface area contributed by atoms with Gasteiger partial charge in [-0.15, -0.1) is 12.4 Å². The van der Waals surface area contributed by atoms with E-state index in [4.69, 9.17) is 26.7 Å². The zero-order valence-electron chi connectivity index (χ0n) is 19.2. The van der Waals surface area contributed by atoms with Crippen LogP contribution in [0.25, 0.3) is 0 Å². The summed E-state index contributed by atoms with van der Waals surface area (Å²) in [5.41, 5.74) is 16.6. The molecule has 9 heteroatoms. The molecular weight excluding hydrogens is 458 g/mol. The zero-order chi connectivity index (χ0) is 24.1. The van der Waals surface area contributed by atoms with Crippen LogP contribution in [0.4, 0.5) is 0 Å². The van der Waals surface area contributed by atoms with Crippen LogP contribution in [0.1, 0.15) is 36.8 Å². The van der Waals surface area contributed by atoms with Crippen molar-refractivity contribution in [3.8, 4) is 0 Å². The van der Waals surface area contributed by atoms with Gasteiger partial charge >= 0.3 is 11.9 Å². The first-order valence-corrected chi connectivity index (χ1v) is 11.1. The Morgan fingerprint density at radius 2 is 1.24 bits per heavy atom. The Balaban J connectivity index is 0.00000578. The molecule has 0 aliphatic rings. The lowest BCUT2D eigenvalue weighted by molar-refractivity contribution is -0.177. The first-order chi connectivity index (χ1) is 16.0. The normalized spacial score (nSPS) is 11.7. The molecule has 0 bridgehead atoms. The Labute approximate surface area is 206 Å². The minimum Gasteiger partial charge on any atom is -0.460 e. The number of Topliss-reactive ketones (excluding diaryl/α,β-unsaturated/α-hetero) is 1. The topological polar surface area (TPSA) is 148 Å². The highest BCUT2D eigenvalue weighted by atomic mass is 35.5. The van der Waals surface area contributed by atoms with Gasteiger partial charge in [-0.25, -0.2) is 0 Å². The number of carbonyl (C=O) groups excluding carboxylic acids is 3. The van der Waals surface area contributed by atoms with Crippen LogP contribution in [0.15, 0.2) is 60.7 Å². The van der Waals surface area contributed by atoms with Crippen molar-refractivity contribution in [3.63, 3.8) is 0 Å². The standard InChI is InChI=1S/C25H33N3O5.ClH/c26-15-8-7-13-21(28)22(29)25(14-16-27,23(30)32-17-19-9-3-1-4-10-19)24(31)33-18-20-11-5-2-6-12-20;/h1-6,9-12,21H,7-8,13-18,26-28H2;1H. The second-order valence-electron chi connectivity index (χ2n) is 7.82. The van der Waals surface area contributed by atoms with Crippen LogP contribution in [-0.2, 0) is 37.1 Å². The molecule has 0 heterocycles. The molecule has 0 amide bonds. The fourth-order valence-corrected chi connectivity index (χ4v) is 3.48. The molecule has 8 nitrogen and oxygen atoms in total. The van der Waals surface area contributed by atoms with E-state index >= 15 is 0 Å². The summed E-state index contributed by atoms with van der Waals surface area (Å²) in [6.07, 6.45) is 1.26. The van der Waals surface area contributed by atoms with Crippen molar-refractivity contribution in [1.82, 2.24) is 0 Å². The average Bonchev–Trinajstić information content (AvgIpc) is 2.85. The number of ketones is 1. The number of halogens is 1. The maximum absolute atomic E-state index is 13.4. The van der Waals surface area contributed by atoms with Gasteiger partial charge in [0.25, 0.3) is 0 Å². The maximum atomic E-state index is 13.4. The quantitative estimate of drug-likeness (QED) is 0.207. The van der Waals surface area contributed by atoms with Crippen molar-refractivity contribution in [2.75, 3.05) is 13.1 Å². The number of hydrogen-bond donors (Lipinski definition) is 3. The molecule has 34 heavy (non-hydrogen) atoms. The van der Waals surface area contributed by atoms with Crippen molar-refractivity contribution in [2.24, 2.45) is 22.6 Å². The first-order valence-electron chi connectivity index (χ1n) is 11.1. The number of rotatable bonds is 14. The van der Waals surface area contributed by atoms with Crippen molar-refractivity contribution >= 4 is 30.1 Å². The number of unbranched alkanes of at least 4 members (excludes halogenated alkanes) is 1. The highest BCUT2D eigenvalue weighted by molar-refractivity contribution is 6.21. The van der Waals surface area contributed by atoms with E-state index in [9.17, 15) is 14.4 Å². The molecule has 1 unspecified atom stereocenters. The third-order valence-corrected chi connectivity index (χ3v) is 5.37. The summed E-state index contributed by atoms with van der Waals surface area (Å²) < 4.78 is 10.8. The third-order valence-electron chi connectivity index (χ3n) is 5.37. The Hall–Kier alpha value is -2.78. The SMILES string of the molecule is Cl.NCCCCC(N)C(=O)C(CCN)(C(=O)OCc1ccccc1)C(=O)OCc1ccccc1. The van der Waals surface area contributed by atoms with Gasteiger partial charge in [0, 0.05) is 0 Å². The number of ether oxygens (including phenoxy) is 2. The summed E-state index contributed by atoms with van der Waals surface area (Å²) in [6, 6.07) is 16.9. The molecule has 0 saturated heterocycles. The molecule has 0 aromatic heterocycles. The predicted octanol–water partition coefficient (Wildman–Crippen LogP) is 2.26. The molecule has 0 spiro atoms. The summed E-state index contributed by atoms with van der Waals surface area (Å²) >= 11 is 0. The second-order valence-corrected chi connectivity index (χ2v) is 7.82. The van der Waals surface area contributed by atoms with Crippen LogP contribution in [0.2, 0.25) is 0 Å². The Kier molecular flexibility index (Phi) is 13.1. The van der Waals surface area contributed by atoms with Crippen molar-refractivity contribution in [2.45, 2.75) is 44.9 Å². The van der Waals surface area contributed by atoms with Crippen LogP contribution in [-0.4, -0.2) is 36.9 Å². The number of benzene rings is 2. The minimum atomic E-state index is -2.24. The van der Waals surface area contributed by atoms with Gasteiger partial charge in [0.2, 0.25) is 5.41 Å². The number of esters is 2. The molecule has 2 rings (SSSR count). The van der Waals surface area contributed by atoms with Crippen LogP contribution in [0, 0.1) is 5.41 Å². The molecule has 1 atom stereocenters. The molecule has 2 aromatic rings. The minimum absolute atomic E-state index is 0. The van der Waals surface area contributed by atoms with Crippen LogP contribution >= 0.6 is 12.4 Å². The highest BCUT2D eigenvalue weighted by Gasteiger charge is 2.56. The van der Waals surface area contributed by atoms with Gasteiger partial charge < -0.3 is 26.7 Å². The van der Waals surface area contributed by atoms with E-state index in [1.165, 1.54) is 0 Å². The van der Waals surface area contributed by atoms with Crippen molar-refractivity contribution in [1.29, 1.82) is 0 Å². The average molecular weight is 492 g/mol. The van der Waals surface area contributed by atoms with E-state index in [0.717, 1.165) is 0 Å². The van der Waals surface area contributed by atoms with Crippen LogP contribution in [0.5, 0.6) is 0 Å². The largest absolute Gasteiger partial charge is 0.460 e. The van der Waals surface area contributed by atoms with E-state index in [0.29, 0.717) is 30.5 Å². The smallest absolute Gasteiger partial charge is 0.331 e. The van der Waals surface area contributed by atoms with Gasteiger partial charge in [-0.1, -0.05) is 67.1 Å². The van der Waals surface area contributed by atoms with E-state index in [2.05, 4.69) is 0 Å². The lowest BCUT2D eigenvalue weighted by atomic mass is 9.76. The summed E-state index contributed by atoms with van der Waals surface area (Å²) in [4.78, 5) is 40.0. The number of carbonyl (C=O) groups is 3. The van der Waals surface area contributed by atoms with Crippen LogP contribution in [0.3, 0.4) is 0 Å². The summed E-state index contributed by atoms with van der Waals surface area (Å²) in [5, 5.41) is 0. The number of hydrogen-bond acceptors (Lipinski definition) is 8. The Morgan fingerprint density at radius 3 is 1.65 bits per heavy atom. The van der Waals surface area contributed by atoms with Gasteiger partial charge in [0.15, 0.2) is 5.78 Å². The summed E-state index contributed by atoms with van der Waals surface area (Å²) in [7, 11) is 0. The molecule has 0 aliphatic carbocycles.